The second-order valence-corrected chi connectivity index (χ2v) is 6.59. The number of rotatable bonds is 5. The first-order valence-corrected chi connectivity index (χ1v) is 9.11. The molecule has 0 unspecified atom stereocenters. The van der Waals surface area contributed by atoms with E-state index in [2.05, 4.69) is 15.3 Å². The van der Waals surface area contributed by atoms with Crippen molar-refractivity contribution in [3.63, 3.8) is 0 Å². The molecule has 1 heterocycles. The zero-order valence-corrected chi connectivity index (χ0v) is 15.1. The zero-order valence-electron chi connectivity index (χ0n) is 15.1. The molecule has 138 valence electrons. The van der Waals surface area contributed by atoms with Gasteiger partial charge in [0.05, 0.1) is 30.4 Å². The predicted molar refractivity (Wildman–Crippen MR) is 103 cm³/mol. The predicted octanol–water partition coefficient (Wildman–Crippen LogP) is 4.21. The van der Waals surface area contributed by atoms with E-state index in [1.54, 1.807) is 25.3 Å². The highest BCUT2D eigenvalue weighted by Crippen LogP contribution is 2.34. The van der Waals surface area contributed by atoms with Gasteiger partial charge in [-0.2, -0.15) is 0 Å². The van der Waals surface area contributed by atoms with Gasteiger partial charge in [-0.15, -0.1) is 0 Å². The van der Waals surface area contributed by atoms with E-state index in [0.29, 0.717) is 22.7 Å². The molecule has 2 aromatic carbocycles. The van der Waals surface area contributed by atoms with Crippen LogP contribution in [0, 0.1) is 0 Å². The third-order valence-electron chi connectivity index (χ3n) is 4.70. The molecule has 4 rings (SSSR count). The fourth-order valence-corrected chi connectivity index (χ4v) is 3.29. The van der Waals surface area contributed by atoms with Crippen LogP contribution in [0.3, 0.4) is 0 Å². The quantitative estimate of drug-likeness (QED) is 0.735. The van der Waals surface area contributed by atoms with Crippen molar-refractivity contribution in [1.29, 1.82) is 0 Å². The van der Waals surface area contributed by atoms with E-state index in [9.17, 15) is 4.79 Å². The topological polar surface area (TPSA) is 73.3 Å². The lowest BCUT2D eigenvalue weighted by Crippen LogP contribution is -2.15. The third kappa shape index (κ3) is 3.84. The third-order valence-corrected chi connectivity index (χ3v) is 4.70. The number of ether oxygens (including phenoxy) is 2. The summed E-state index contributed by atoms with van der Waals surface area (Å²) in [6.45, 7) is 0. The van der Waals surface area contributed by atoms with E-state index < -0.39 is 0 Å². The summed E-state index contributed by atoms with van der Waals surface area (Å²) in [5.41, 5.74) is 2.34. The minimum atomic E-state index is -0.315. The van der Waals surface area contributed by atoms with E-state index in [0.717, 1.165) is 18.4 Å². The molecule has 1 aromatic heterocycles. The van der Waals surface area contributed by atoms with E-state index in [1.807, 2.05) is 24.3 Å². The molecule has 1 aliphatic carbocycles. The fourth-order valence-electron chi connectivity index (χ4n) is 3.29. The average Bonchev–Trinajstić information content (AvgIpc) is 3.21. The second kappa shape index (κ2) is 7.61. The Balaban J connectivity index is 1.54. The van der Waals surface area contributed by atoms with Gasteiger partial charge in [-0.25, -0.2) is 4.98 Å². The molecule has 6 nitrogen and oxygen atoms in total. The van der Waals surface area contributed by atoms with Crippen molar-refractivity contribution < 1.29 is 14.3 Å². The molecule has 1 fully saturated rings. The SMILES string of the molecule is COc1ccc(NC(=O)c2cnc3ccccc3n2)cc1OC1CCCC1. The summed E-state index contributed by atoms with van der Waals surface area (Å²) in [5, 5.41) is 2.86. The molecule has 0 spiro atoms. The second-order valence-electron chi connectivity index (χ2n) is 6.59. The highest BCUT2D eigenvalue weighted by atomic mass is 16.5. The van der Waals surface area contributed by atoms with Gasteiger partial charge in [0.2, 0.25) is 0 Å². The first-order chi connectivity index (χ1) is 13.2. The van der Waals surface area contributed by atoms with Crippen molar-refractivity contribution in [2.45, 2.75) is 31.8 Å². The number of carbonyl (C=O) groups excluding carboxylic acids is 1. The minimum Gasteiger partial charge on any atom is -0.493 e. The Morgan fingerprint density at radius 3 is 2.63 bits per heavy atom. The van der Waals surface area contributed by atoms with Crippen molar-refractivity contribution in [3.8, 4) is 11.5 Å². The van der Waals surface area contributed by atoms with Gasteiger partial charge >= 0.3 is 0 Å². The Labute approximate surface area is 157 Å². The monoisotopic (exact) mass is 363 g/mol. The fraction of sp³-hybridized carbons (Fsp3) is 0.286. The summed E-state index contributed by atoms with van der Waals surface area (Å²) in [4.78, 5) is 21.3. The van der Waals surface area contributed by atoms with Gasteiger partial charge in [-0.05, 0) is 49.9 Å². The number of nitrogens with one attached hydrogen (secondary N) is 1. The number of amides is 1. The number of benzene rings is 2. The Morgan fingerprint density at radius 1 is 1.07 bits per heavy atom. The molecular weight excluding hydrogens is 342 g/mol. The van der Waals surface area contributed by atoms with Crippen LogP contribution in [0.15, 0.2) is 48.7 Å². The maximum absolute atomic E-state index is 12.6. The highest BCUT2D eigenvalue weighted by molar-refractivity contribution is 6.03. The van der Waals surface area contributed by atoms with Gasteiger partial charge in [0.1, 0.15) is 5.69 Å². The van der Waals surface area contributed by atoms with Crippen molar-refractivity contribution in [3.05, 3.63) is 54.4 Å². The van der Waals surface area contributed by atoms with Crippen molar-refractivity contribution >= 4 is 22.6 Å². The molecule has 0 aliphatic heterocycles. The van der Waals surface area contributed by atoms with Gasteiger partial charge in [-0.1, -0.05) is 12.1 Å². The lowest BCUT2D eigenvalue weighted by Gasteiger charge is -2.17. The first kappa shape index (κ1) is 17.3. The average molecular weight is 363 g/mol. The van der Waals surface area contributed by atoms with Gasteiger partial charge in [0.15, 0.2) is 11.5 Å². The summed E-state index contributed by atoms with van der Waals surface area (Å²) < 4.78 is 11.5. The Morgan fingerprint density at radius 2 is 1.85 bits per heavy atom. The van der Waals surface area contributed by atoms with Crippen LogP contribution in [0.5, 0.6) is 11.5 Å². The number of para-hydroxylation sites is 2. The summed E-state index contributed by atoms with van der Waals surface area (Å²) in [6, 6.07) is 12.8. The molecule has 1 N–H and O–H groups in total. The number of fused-ring (bicyclic) bond motifs is 1. The summed E-state index contributed by atoms with van der Waals surface area (Å²) in [5.74, 6) is 0.988. The molecule has 0 saturated heterocycles. The maximum atomic E-state index is 12.6. The minimum absolute atomic E-state index is 0.205. The number of carbonyl (C=O) groups is 1. The number of hydrogen-bond acceptors (Lipinski definition) is 5. The van der Waals surface area contributed by atoms with Crippen molar-refractivity contribution in [2.24, 2.45) is 0 Å². The van der Waals surface area contributed by atoms with E-state index in [1.165, 1.54) is 19.0 Å². The number of nitrogens with zero attached hydrogens (tertiary/aromatic N) is 2. The normalized spacial score (nSPS) is 14.3. The van der Waals surface area contributed by atoms with Crippen LogP contribution in [0.1, 0.15) is 36.2 Å². The van der Waals surface area contributed by atoms with Crippen LogP contribution in [0.2, 0.25) is 0 Å². The molecule has 1 aliphatic rings. The summed E-state index contributed by atoms with van der Waals surface area (Å²) in [6.07, 6.45) is 6.15. The Bertz CT molecular complexity index is 968. The molecule has 0 atom stereocenters. The van der Waals surface area contributed by atoms with Crippen LogP contribution >= 0.6 is 0 Å². The largest absolute Gasteiger partial charge is 0.493 e. The summed E-state index contributed by atoms with van der Waals surface area (Å²) >= 11 is 0. The van der Waals surface area contributed by atoms with Crippen molar-refractivity contribution in [2.75, 3.05) is 12.4 Å². The van der Waals surface area contributed by atoms with E-state index in [4.69, 9.17) is 9.47 Å². The van der Waals surface area contributed by atoms with Crippen LogP contribution in [-0.2, 0) is 0 Å². The lowest BCUT2D eigenvalue weighted by molar-refractivity contribution is 0.102. The van der Waals surface area contributed by atoms with Crippen LogP contribution in [0.25, 0.3) is 11.0 Å². The number of methoxy groups -OCH3 is 1. The van der Waals surface area contributed by atoms with Gasteiger partial charge in [0.25, 0.3) is 5.91 Å². The van der Waals surface area contributed by atoms with Crippen molar-refractivity contribution in [1.82, 2.24) is 9.97 Å². The zero-order chi connectivity index (χ0) is 18.6. The molecular formula is C21H21N3O3. The van der Waals surface area contributed by atoms with Crippen LogP contribution in [-0.4, -0.2) is 29.1 Å². The number of anilines is 1. The number of hydrogen-bond donors (Lipinski definition) is 1. The molecule has 27 heavy (non-hydrogen) atoms. The van der Waals surface area contributed by atoms with Gasteiger partial charge < -0.3 is 14.8 Å². The van der Waals surface area contributed by atoms with E-state index >= 15 is 0 Å². The number of aromatic nitrogens is 2. The molecule has 0 bridgehead atoms. The smallest absolute Gasteiger partial charge is 0.275 e. The Hall–Kier alpha value is -3.15. The highest BCUT2D eigenvalue weighted by Gasteiger charge is 2.19. The van der Waals surface area contributed by atoms with Gasteiger partial charge in [0, 0.05) is 11.8 Å². The lowest BCUT2D eigenvalue weighted by atomic mass is 10.2. The standard InChI is InChI=1S/C21H21N3O3/c1-26-19-11-10-14(12-20(19)27-15-6-2-3-7-15)23-21(25)18-13-22-16-8-4-5-9-17(16)24-18/h4-5,8-13,15H,2-3,6-7H2,1H3,(H,23,25). The van der Waals surface area contributed by atoms with Crippen LogP contribution < -0.4 is 14.8 Å². The molecule has 6 heteroatoms. The molecule has 1 saturated carbocycles. The van der Waals surface area contributed by atoms with Gasteiger partial charge in [-0.3, -0.25) is 9.78 Å². The van der Waals surface area contributed by atoms with Crippen LogP contribution in [0.4, 0.5) is 5.69 Å². The van der Waals surface area contributed by atoms with E-state index in [-0.39, 0.29) is 17.7 Å². The molecule has 1 amide bonds. The Kier molecular flexibility index (Phi) is 4.87. The maximum Gasteiger partial charge on any atom is 0.275 e. The summed E-state index contributed by atoms with van der Waals surface area (Å²) in [7, 11) is 1.61. The molecule has 3 aromatic rings. The molecule has 0 radical (unpaired) electrons. The first-order valence-electron chi connectivity index (χ1n) is 9.11.